The van der Waals surface area contributed by atoms with Crippen molar-refractivity contribution >= 4 is 60.2 Å². The summed E-state index contributed by atoms with van der Waals surface area (Å²) in [6.07, 6.45) is 7.48. The van der Waals surface area contributed by atoms with Gasteiger partial charge in [-0.25, -0.2) is 4.98 Å². The second kappa shape index (κ2) is 6.89. The number of pyridine rings is 3. The maximum Gasteiger partial charge on any atom is 0.146 e. The van der Waals surface area contributed by atoms with Crippen molar-refractivity contribution in [1.29, 1.82) is 0 Å². The lowest BCUT2D eigenvalue weighted by Crippen LogP contribution is -1.95. The van der Waals surface area contributed by atoms with Gasteiger partial charge in [-0.2, -0.15) is 0 Å². The van der Waals surface area contributed by atoms with Gasteiger partial charge in [-0.05, 0) is 84.0 Å². The first kappa shape index (κ1) is 19.5. The summed E-state index contributed by atoms with van der Waals surface area (Å²) in [4.78, 5) is 17.4. The zero-order valence-corrected chi connectivity index (χ0v) is 19.9. The van der Waals surface area contributed by atoms with E-state index in [-0.39, 0.29) is 0 Å². The van der Waals surface area contributed by atoms with Gasteiger partial charge in [0, 0.05) is 51.2 Å². The number of hydrogen-bond donors (Lipinski definition) is 1. The molecule has 0 bridgehead atoms. The van der Waals surface area contributed by atoms with Crippen LogP contribution in [0.2, 0.25) is 0 Å². The van der Waals surface area contributed by atoms with Crippen LogP contribution >= 0.6 is 0 Å². The molecular formula is C31H21N5. The number of aromatic nitrogens is 5. The lowest BCUT2D eigenvalue weighted by molar-refractivity contribution is 1.28. The van der Waals surface area contributed by atoms with Crippen LogP contribution in [0.15, 0.2) is 85.5 Å². The fourth-order valence-electron chi connectivity index (χ4n) is 5.85. The van der Waals surface area contributed by atoms with Gasteiger partial charge in [-0.15, -0.1) is 0 Å². The highest BCUT2D eigenvalue weighted by atomic mass is 15.0. The Bertz CT molecular complexity index is 2180. The molecule has 1 N–H and O–H groups in total. The first-order chi connectivity index (χ1) is 17.7. The van der Waals surface area contributed by atoms with Crippen molar-refractivity contribution < 1.29 is 0 Å². The zero-order chi connectivity index (χ0) is 24.0. The molecule has 0 unspecified atom stereocenters. The van der Waals surface area contributed by atoms with Crippen molar-refractivity contribution in [2.45, 2.75) is 13.8 Å². The van der Waals surface area contributed by atoms with E-state index < -0.39 is 0 Å². The monoisotopic (exact) mass is 463 g/mol. The first-order valence-electron chi connectivity index (χ1n) is 12.1. The predicted molar refractivity (Wildman–Crippen MR) is 148 cm³/mol. The number of benzene rings is 3. The third-order valence-corrected chi connectivity index (χ3v) is 7.53. The molecule has 0 aliphatic rings. The molecule has 5 heteroatoms. The number of fused-ring (bicyclic) bond motifs is 11. The molecule has 8 rings (SSSR count). The molecule has 0 fully saturated rings. The maximum atomic E-state index is 4.99. The van der Waals surface area contributed by atoms with Gasteiger partial charge in [0.1, 0.15) is 11.2 Å². The Morgan fingerprint density at radius 2 is 1.39 bits per heavy atom. The van der Waals surface area contributed by atoms with Crippen LogP contribution in [0, 0.1) is 13.8 Å². The molecule has 0 radical (unpaired) electrons. The Hall–Kier alpha value is -4.77. The van der Waals surface area contributed by atoms with Gasteiger partial charge in [-0.3, -0.25) is 14.4 Å². The molecule has 5 heterocycles. The molecule has 36 heavy (non-hydrogen) atoms. The second-order valence-electron chi connectivity index (χ2n) is 9.62. The number of hydrogen-bond acceptors (Lipinski definition) is 3. The third kappa shape index (κ3) is 2.52. The summed E-state index contributed by atoms with van der Waals surface area (Å²) in [6.45, 7) is 4.40. The van der Waals surface area contributed by atoms with Crippen molar-refractivity contribution in [3.05, 3.63) is 96.6 Å². The van der Waals surface area contributed by atoms with Gasteiger partial charge >= 0.3 is 0 Å². The number of nitrogens with zero attached hydrogens (tertiary/aromatic N) is 4. The Kier molecular flexibility index (Phi) is 3.74. The van der Waals surface area contributed by atoms with Crippen LogP contribution in [0.25, 0.3) is 71.3 Å². The molecule has 0 saturated carbocycles. The minimum atomic E-state index is 0.893. The number of aromatic amines is 1. The highest BCUT2D eigenvalue weighted by Crippen LogP contribution is 2.39. The Balaban J connectivity index is 1.49. The van der Waals surface area contributed by atoms with Gasteiger partial charge in [-0.1, -0.05) is 18.2 Å². The van der Waals surface area contributed by atoms with Gasteiger partial charge in [0.2, 0.25) is 0 Å². The zero-order valence-electron chi connectivity index (χ0n) is 19.9. The lowest BCUT2D eigenvalue weighted by atomic mass is 9.92. The number of rotatable bonds is 1. The largest absolute Gasteiger partial charge is 0.354 e. The van der Waals surface area contributed by atoms with E-state index in [1.165, 1.54) is 38.5 Å². The maximum absolute atomic E-state index is 4.99. The summed E-state index contributed by atoms with van der Waals surface area (Å²) >= 11 is 0. The smallest absolute Gasteiger partial charge is 0.146 e. The number of nitrogens with one attached hydrogen (secondary N) is 1. The van der Waals surface area contributed by atoms with E-state index >= 15 is 0 Å². The molecule has 0 amide bonds. The Morgan fingerprint density at radius 1 is 0.639 bits per heavy atom. The summed E-state index contributed by atoms with van der Waals surface area (Å²) in [5.41, 5.74) is 11.3. The Labute approximate surface area is 206 Å². The molecule has 170 valence electrons. The van der Waals surface area contributed by atoms with Crippen LogP contribution in [0.3, 0.4) is 0 Å². The van der Waals surface area contributed by atoms with E-state index in [1.54, 1.807) is 0 Å². The SMILES string of the molecule is Cc1cc2c(cc1-c1cc3c4cnccc4n4c5ccncc5nc4c3cc1C)[nH]c1ccccc12. The van der Waals surface area contributed by atoms with Crippen LogP contribution in [0.4, 0.5) is 0 Å². The number of para-hydroxylation sites is 1. The quantitative estimate of drug-likeness (QED) is 0.256. The molecule has 5 nitrogen and oxygen atoms in total. The third-order valence-electron chi connectivity index (χ3n) is 7.53. The average molecular weight is 464 g/mol. The minimum Gasteiger partial charge on any atom is -0.354 e. The molecular weight excluding hydrogens is 442 g/mol. The van der Waals surface area contributed by atoms with Gasteiger partial charge in [0.25, 0.3) is 0 Å². The van der Waals surface area contributed by atoms with E-state index in [4.69, 9.17) is 4.98 Å². The molecule has 8 aromatic rings. The lowest BCUT2D eigenvalue weighted by Gasteiger charge is -2.14. The van der Waals surface area contributed by atoms with Crippen molar-refractivity contribution in [2.75, 3.05) is 0 Å². The number of H-pyrrole nitrogens is 1. The molecule has 0 aliphatic carbocycles. The summed E-state index contributed by atoms with van der Waals surface area (Å²) in [5, 5.41) is 5.92. The van der Waals surface area contributed by atoms with Crippen LogP contribution in [-0.2, 0) is 0 Å². The van der Waals surface area contributed by atoms with E-state index in [0.29, 0.717) is 0 Å². The average Bonchev–Trinajstić information content (AvgIpc) is 3.47. The van der Waals surface area contributed by atoms with Crippen molar-refractivity contribution in [3.8, 4) is 11.1 Å². The van der Waals surface area contributed by atoms with Gasteiger partial charge in [0.05, 0.1) is 17.2 Å². The van der Waals surface area contributed by atoms with E-state index in [9.17, 15) is 0 Å². The van der Waals surface area contributed by atoms with Crippen LogP contribution < -0.4 is 0 Å². The molecule has 3 aromatic carbocycles. The highest BCUT2D eigenvalue weighted by molar-refractivity contribution is 6.15. The van der Waals surface area contributed by atoms with Crippen molar-refractivity contribution in [1.82, 2.24) is 24.3 Å². The summed E-state index contributed by atoms with van der Waals surface area (Å²) in [6, 6.07) is 21.8. The minimum absolute atomic E-state index is 0.893. The molecule has 0 saturated heterocycles. The van der Waals surface area contributed by atoms with Crippen molar-refractivity contribution in [2.24, 2.45) is 0 Å². The van der Waals surface area contributed by atoms with Crippen molar-refractivity contribution in [3.63, 3.8) is 0 Å². The highest BCUT2D eigenvalue weighted by Gasteiger charge is 2.17. The van der Waals surface area contributed by atoms with E-state index in [1.807, 2.05) is 30.9 Å². The Morgan fingerprint density at radius 3 is 2.28 bits per heavy atom. The fourth-order valence-corrected chi connectivity index (χ4v) is 5.85. The van der Waals surface area contributed by atoms with Gasteiger partial charge in [0.15, 0.2) is 0 Å². The summed E-state index contributed by atoms with van der Waals surface area (Å²) < 4.78 is 2.23. The van der Waals surface area contributed by atoms with E-state index in [0.717, 1.165) is 43.9 Å². The molecule has 5 aromatic heterocycles. The fraction of sp³-hybridized carbons (Fsp3) is 0.0645. The van der Waals surface area contributed by atoms with Crippen LogP contribution in [0.5, 0.6) is 0 Å². The summed E-state index contributed by atoms with van der Waals surface area (Å²) in [5.74, 6) is 0. The van der Waals surface area contributed by atoms with Gasteiger partial charge < -0.3 is 4.98 Å². The normalized spacial score (nSPS) is 12.2. The summed E-state index contributed by atoms with van der Waals surface area (Å²) in [7, 11) is 0. The molecule has 0 spiro atoms. The molecule has 0 atom stereocenters. The van der Waals surface area contributed by atoms with Crippen LogP contribution in [0.1, 0.15) is 11.1 Å². The first-order valence-corrected chi connectivity index (χ1v) is 12.1. The van der Waals surface area contributed by atoms with Crippen LogP contribution in [-0.4, -0.2) is 24.3 Å². The topological polar surface area (TPSA) is 58.9 Å². The predicted octanol–water partition coefficient (Wildman–Crippen LogP) is 7.50. The molecule has 0 aliphatic heterocycles. The standard InChI is InChI=1S/C31H21N5/c1-17-11-23-19-5-3-4-6-26(19)34-27(23)14-21(17)20-13-22-24(12-18(20)2)31-35-28-16-33-10-8-30(28)36(31)29-7-9-32-15-25(22)29/h3-16,34H,1-2H3. The van der Waals surface area contributed by atoms with E-state index in [2.05, 4.69) is 87.8 Å². The number of imidazole rings is 1. The number of aryl methyl sites for hydroxylation is 2. The second-order valence-corrected chi connectivity index (χ2v) is 9.62.